The molecule has 0 unspecified atom stereocenters. The summed E-state index contributed by atoms with van der Waals surface area (Å²) in [5.41, 5.74) is 7.14. The summed E-state index contributed by atoms with van der Waals surface area (Å²) in [7, 11) is 0. The fourth-order valence-electron chi connectivity index (χ4n) is 2.61. The van der Waals surface area contributed by atoms with Gasteiger partial charge in [0.05, 0.1) is 0 Å². The van der Waals surface area contributed by atoms with Gasteiger partial charge in [0.2, 0.25) is 5.91 Å². The molecule has 1 aromatic carbocycles. The van der Waals surface area contributed by atoms with Crippen molar-refractivity contribution in [1.82, 2.24) is 4.90 Å². The van der Waals surface area contributed by atoms with Crippen LogP contribution in [0.3, 0.4) is 0 Å². The number of nitrogens with two attached hydrogens (primary N) is 1. The molecular formula is C16H25N3OS. The van der Waals surface area contributed by atoms with E-state index >= 15 is 0 Å². The molecule has 5 heteroatoms. The van der Waals surface area contributed by atoms with Crippen molar-refractivity contribution in [3.05, 3.63) is 24.3 Å². The molecule has 0 spiro atoms. The van der Waals surface area contributed by atoms with Crippen molar-refractivity contribution < 1.29 is 4.79 Å². The lowest BCUT2D eigenvalue weighted by Crippen LogP contribution is -2.43. The first kappa shape index (κ1) is 16.2. The van der Waals surface area contributed by atoms with Gasteiger partial charge in [0.15, 0.2) is 0 Å². The molecule has 0 bridgehead atoms. The Balaban J connectivity index is 1.70. The van der Waals surface area contributed by atoms with E-state index in [4.69, 9.17) is 5.73 Å². The van der Waals surface area contributed by atoms with Gasteiger partial charge in [-0.05, 0) is 45.0 Å². The Morgan fingerprint density at radius 2 is 2.29 bits per heavy atom. The number of anilines is 2. The van der Waals surface area contributed by atoms with Crippen molar-refractivity contribution >= 4 is 29.0 Å². The number of nitrogens with one attached hydrogen (secondary N) is 1. The van der Waals surface area contributed by atoms with Crippen LogP contribution in [0.4, 0.5) is 11.4 Å². The second-order valence-electron chi connectivity index (χ2n) is 6.16. The largest absolute Gasteiger partial charge is 0.399 e. The molecule has 1 aliphatic rings. The van der Waals surface area contributed by atoms with E-state index in [0.29, 0.717) is 16.9 Å². The summed E-state index contributed by atoms with van der Waals surface area (Å²) in [5, 5.41) is 2.90. The Kier molecular flexibility index (Phi) is 5.53. The van der Waals surface area contributed by atoms with Crippen LogP contribution in [0.1, 0.15) is 26.7 Å². The quantitative estimate of drug-likeness (QED) is 0.821. The molecule has 1 fully saturated rings. The highest BCUT2D eigenvalue weighted by atomic mass is 32.2. The van der Waals surface area contributed by atoms with Gasteiger partial charge in [-0.25, -0.2) is 0 Å². The molecule has 3 N–H and O–H groups in total. The predicted molar refractivity (Wildman–Crippen MR) is 91.7 cm³/mol. The molecule has 1 aliphatic heterocycles. The molecule has 0 aliphatic carbocycles. The van der Waals surface area contributed by atoms with E-state index in [1.165, 1.54) is 5.75 Å². The number of amides is 1. The second-order valence-corrected chi connectivity index (χ2v) is 7.96. The van der Waals surface area contributed by atoms with Gasteiger partial charge in [-0.2, -0.15) is 11.8 Å². The van der Waals surface area contributed by atoms with Gasteiger partial charge >= 0.3 is 0 Å². The summed E-state index contributed by atoms with van der Waals surface area (Å²) in [6, 6.07) is 7.30. The normalized spacial score (nSPS) is 18.4. The van der Waals surface area contributed by atoms with Crippen LogP contribution in [0.25, 0.3) is 0 Å². The number of thioether (sulfide) groups is 1. The molecule has 0 atom stereocenters. The Bertz CT molecular complexity index is 490. The van der Waals surface area contributed by atoms with Gasteiger partial charge in [0.1, 0.15) is 0 Å². The summed E-state index contributed by atoms with van der Waals surface area (Å²) < 4.78 is 0.335. The minimum atomic E-state index is 0.0613. The molecule has 1 amide bonds. The molecular weight excluding hydrogens is 282 g/mol. The first-order chi connectivity index (χ1) is 9.94. The van der Waals surface area contributed by atoms with Gasteiger partial charge in [-0.3, -0.25) is 4.79 Å². The van der Waals surface area contributed by atoms with Crippen LogP contribution in [-0.4, -0.2) is 40.9 Å². The molecule has 21 heavy (non-hydrogen) atoms. The molecule has 2 rings (SSSR count). The fourth-order valence-corrected chi connectivity index (χ4v) is 3.78. The summed E-state index contributed by atoms with van der Waals surface area (Å²) in [6.07, 6.45) is 1.45. The van der Waals surface area contributed by atoms with Crippen LogP contribution < -0.4 is 11.1 Å². The van der Waals surface area contributed by atoms with E-state index in [9.17, 15) is 4.79 Å². The van der Waals surface area contributed by atoms with Crippen LogP contribution in [0.5, 0.6) is 0 Å². The van der Waals surface area contributed by atoms with Crippen LogP contribution >= 0.6 is 11.8 Å². The Morgan fingerprint density at radius 1 is 1.48 bits per heavy atom. The standard InChI is InChI=1S/C16H25N3OS/c1-16(2)12-19(9-10-21-16)8-4-7-15(20)18-14-6-3-5-13(17)11-14/h3,5-6,11H,4,7-10,12,17H2,1-2H3,(H,18,20). The number of carbonyl (C=O) groups excluding carboxylic acids is 1. The van der Waals surface area contributed by atoms with Crippen LogP contribution in [0, 0.1) is 0 Å². The van der Waals surface area contributed by atoms with Gasteiger partial charge in [-0.15, -0.1) is 0 Å². The third kappa shape index (κ3) is 5.59. The highest BCUT2D eigenvalue weighted by molar-refractivity contribution is 8.00. The lowest BCUT2D eigenvalue weighted by atomic mass is 10.1. The Morgan fingerprint density at radius 3 is 3.00 bits per heavy atom. The zero-order valence-electron chi connectivity index (χ0n) is 12.9. The van der Waals surface area contributed by atoms with Crippen LogP contribution in [0.2, 0.25) is 0 Å². The molecule has 0 saturated carbocycles. The highest BCUT2D eigenvalue weighted by Gasteiger charge is 2.26. The third-order valence-electron chi connectivity index (χ3n) is 3.55. The average Bonchev–Trinajstić information content (AvgIpc) is 2.37. The summed E-state index contributed by atoms with van der Waals surface area (Å²) >= 11 is 2.03. The first-order valence-electron chi connectivity index (χ1n) is 7.46. The minimum Gasteiger partial charge on any atom is -0.399 e. The molecule has 1 saturated heterocycles. The second kappa shape index (κ2) is 7.18. The first-order valence-corrected chi connectivity index (χ1v) is 8.45. The SMILES string of the molecule is CC1(C)CN(CCCC(=O)Nc2cccc(N)c2)CCS1. The summed E-state index contributed by atoms with van der Waals surface area (Å²) in [5.74, 6) is 1.24. The Hall–Kier alpha value is -1.20. The van der Waals surface area contributed by atoms with E-state index in [2.05, 4.69) is 24.1 Å². The molecule has 0 aromatic heterocycles. The zero-order valence-corrected chi connectivity index (χ0v) is 13.7. The molecule has 1 heterocycles. The van der Waals surface area contributed by atoms with Crippen molar-refractivity contribution in [1.29, 1.82) is 0 Å². The van der Waals surface area contributed by atoms with E-state index in [1.807, 2.05) is 30.0 Å². The number of hydrogen-bond acceptors (Lipinski definition) is 4. The lowest BCUT2D eigenvalue weighted by Gasteiger charge is -2.37. The zero-order chi connectivity index (χ0) is 15.3. The number of benzene rings is 1. The van der Waals surface area contributed by atoms with Crippen LogP contribution in [0.15, 0.2) is 24.3 Å². The van der Waals surface area contributed by atoms with E-state index in [1.54, 1.807) is 6.07 Å². The van der Waals surface area contributed by atoms with Gasteiger partial charge in [-0.1, -0.05) is 6.07 Å². The predicted octanol–water partition coefficient (Wildman–Crippen LogP) is 2.81. The van der Waals surface area contributed by atoms with E-state index in [0.717, 1.165) is 31.7 Å². The third-order valence-corrected chi connectivity index (χ3v) is 4.85. The van der Waals surface area contributed by atoms with Crippen molar-refractivity contribution in [2.45, 2.75) is 31.4 Å². The lowest BCUT2D eigenvalue weighted by molar-refractivity contribution is -0.116. The maximum absolute atomic E-state index is 11.9. The van der Waals surface area contributed by atoms with E-state index in [-0.39, 0.29) is 5.91 Å². The van der Waals surface area contributed by atoms with Crippen molar-refractivity contribution in [2.75, 3.05) is 36.4 Å². The molecule has 0 radical (unpaired) electrons. The van der Waals surface area contributed by atoms with Gasteiger partial charge < -0.3 is 16.0 Å². The minimum absolute atomic E-state index is 0.0613. The number of rotatable bonds is 5. The smallest absolute Gasteiger partial charge is 0.224 e. The topological polar surface area (TPSA) is 58.4 Å². The van der Waals surface area contributed by atoms with Gasteiger partial charge in [0.25, 0.3) is 0 Å². The number of nitrogens with zero attached hydrogens (tertiary/aromatic N) is 1. The maximum Gasteiger partial charge on any atom is 0.224 e. The number of nitrogen functional groups attached to an aromatic ring is 1. The monoisotopic (exact) mass is 307 g/mol. The van der Waals surface area contributed by atoms with Crippen molar-refractivity contribution in [2.24, 2.45) is 0 Å². The number of hydrogen-bond donors (Lipinski definition) is 2. The average molecular weight is 307 g/mol. The van der Waals surface area contributed by atoms with Crippen molar-refractivity contribution in [3.63, 3.8) is 0 Å². The summed E-state index contributed by atoms with van der Waals surface area (Å²) in [4.78, 5) is 14.4. The van der Waals surface area contributed by atoms with Gasteiger partial charge in [0, 0.05) is 41.4 Å². The van der Waals surface area contributed by atoms with E-state index < -0.39 is 0 Å². The van der Waals surface area contributed by atoms with Crippen molar-refractivity contribution in [3.8, 4) is 0 Å². The maximum atomic E-state index is 11.9. The molecule has 1 aromatic rings. The molecule has 4 nitrogen and oxygen atoms in total. The van der Waals surface area contributed by atoms with Crippen LogP contribution in [-0.2, 0) is 4.79 Å². The molecule has 116 valence electrons. The Labute approximate surface area is 131 Å². The highest BCUT2D eigenvalue weighted by Crippen LogP contribution is 2.29. The summed E-state index contributed by atoms with van der Waals surface area (Å²) in [6.45, 7) is 7.81. The fraction of sp³-hybridized carbons (Fsp3) is 0.562. The number of carbonyl (C=O) groups is 1.